The minimum atomic E-state index is -4.46. The normalized spacial score (nSPS) is 17.5. The zero-order valence-corrected chi connectivity index (χ0v) is 13.1. The van der Waals surface area contributed by atoms with Crippen LogP contribution in [0.25, 0.3) is 0 Å². The number of rotatable bonds is 5. The first kappa shape index (κ1) is 18.0. The van der Waals surface area contributed by atoms with E-state index in [0.29, 0.717) is 18.8 Å². The van der Waals surface area contributed by atoms with Gasteiger partial charge in [0.15, 0.2) is 0 Å². The molecule has 10 heteroatoms. The summed E-state index contributed by atoms with van der Waals surface area (Å²) >= 11 is 0. The maximum absolute atomic E-state index is 12.7. The molecule has 6 nitrogen and oxygen atoms in total. The number of aromatic nitrogens is 1. The number of anilines is 1. The molecule has 1 aliphatic rings. The highest BCUT2D eigenvalue weighted by Gasteiger charge is 2.32. The zero-order chi connectivity index (χ0) is 17.1. The van der Waals surface area contributed by atoms with Crippen LogP contribution in [0.3, 0.4) is 0 Å². The minimum Gasteiger partial charge on any atom is -0.396 e. The number of sulfonamides is 1. The molecule has 0 aromatic carbocycles. The molecule has 0 atom stereocenters. The Bertz CT molecular complexity index is 629. The van der Waals surface area contributed by atoms with Crippen molar-refractivity contribution in [3.05, 3.63) is 24.0 Å². The van der Waals surface area contributed by atoms with Crippen LogP contribution in [0.1, 0.15) is 12.0 Å². The lowest BCUT2D eigenvalue weighted by atomic mass is 10.2. The van der Waals surface area contributed by atoms with Crippen LogP contribution in [0.15, 0.2) is 18.5 Å². The first-order valence-corrected chi connectivity index (χ1v) is 8.71. The van der Waals surface area contributed by atoms with E-state index < -0.39 is 21.8 Å². The molecule has 0 saturated carbocycles. The predicted octanol–water partition coefficient (Wildman–Crippen LogP) is 0.935. The third-order valence-electron chi connectivity index (χ3n) is 3.61. The standard InChI is InChI=1S/C13H18F3N3O3S/c14-13(15,16)11-8-12(10-17-9-11)18-2-4-19(5-3-18)23(21,22)7-1-6-20/h8-10,20H,1-7H2. The summed E-state index contributed by atoms with van der Waals surface area (Å²) in [5, 5.41) is 8.72. The van der Waals surface area contributed by atoms with Gasteiger partial charge in [-0.3, -0.25) is 4.98 Å². The Morgan fingerprint density at radius 1 is 1.17 bits per heavy atom. The van der Waals surface area contributed by atoms with Crippen molar-refractivity contribution in [2.75, 3.05) is 43.4 Å². The lowest BCUT2D eigenvalue weighted by Gasteiger charge is -2.35. The summed E-state index contributed by atoms with van der Waals surface area (Å²) in [5.74, 6) is -0.130. The molecule has 23 heavy (non-hydrogen) atoms. The third-order valence-corrected chi connectivity index (χ3v) is 5.57. The summed E-state index contributed by atoms with van der Waals surface area (Å²) in [4.78, 5) is 5.29. The van der Waals surface area contributed by atoms with Crippen LogP contribution in [0.5, 0.6) is 0 Å². The molecular formula is C13H18F3N3O3S. The summed E-state index contributed by atoms with van der Waals surface area (Å²) in [6.07, 6.45) is -2.19. The lowest BCUT2D eigenvalue weighted by Crippen LogP contribution is -2.49. The van der Waals surface area contributed by atoms with Gasteiger partial charge in [-0.1, -0.05) is 0 Å². The fourth-order valence-electron chi connectivity index (χ4n) is 2.36. The number of halogens is 3. The highest BCUT2D eigenvalue weighted by atomic mass is 32.2. The van der Waals surface area contributed by atoms with Crippen molar-refractivity contribution >= 4 is 15.7 Å². The smallest absolute Gasteiger partial charge is 0.396 e. The number of nitrogens with zero attached hydrogens (tertiary/aromatic N) is 3. The fourth-order valence-corrected chi connectivity index (χ4v) is 3.83. The largest absolute Gasteiger partial charge is 0.417 e. The molecule has 130 valence electrons. The van der Waals surface area contributed by atoms with Gasteiger partial charge in [-0.05, 0) is 12.5 Å². The molecule has 2 heterocycles. The molecule has 1 N–H and O–H groups in total. The van der Waals surface area contributed by atoms with E-state index in [0.717, 1.165) is 12.3 Å². The minimum absolute atomic E-state index is 0.130. The van der Waals surface area contributed by atoms with Gasteiger partial charge in [0.25, 0.3) is 0 Å². The van der Waals surface area contributed by atoms with E-state index in [-0.39, 0.29) is 31.9 Å². The van der Waals surface area contributed by atoms with Gasteiger partial charge in [-0.2, -0.15) is 17.5 Å². The van der Waals surface area contributed by atoms with E-state index >= 15 is 0 Å². The van der Waals surface area contributed by atoms with Gasteiger partial charge in [0.05, 0.1) is 23.2 Å². The molecule has 0 unspecified atom stereocenters. The van der Waals surface area contributed by atoms with Gasteiger partial charge in [0.1, 0.15) is 0 Å². The maximum atomic E-state index is 12.7. The van der Waals surface area contributed by atoms with Crippen molar-refractivity contribution in [1.29, 1.82) is 0 Å². The number of alkyl halides is 3. The van der Waals surface area contributed by atoms with E-state index in [1.165, 1.54) is 10.5 Å². The molecule has 1 aromatic heterocycles. The van der Waals surface area contributed by atoms with E-state index in [1.54, 1.807) is 4.90 Å². The fraction of sp³-hybridized carbons (Fsp3) is 0.615. The van der Waals surface area contributed by atoms with Crippen LogP contribution in [0, 0.1) is 0 Å². The van der Waals surface area contributed by atoms with Gasteiger partial charge >= 0.3 is 6.18 Å². The molecule has 0 spiro atoms. The summed E-state index contributed by atoms with van der Waals surface area (Å²) in [6, 6.07) is 1.02. The monoisotopic (exact) mass is 353 g/mol. The zero-order valence-electron chi connectivity index (χ0n) is 12.3. The Hall–Kier alpha value is -1.39. The first-order valence-electron chi connectivity index (χ1n) is 7.10. The second-order valence-corrected chi connectivity index (χ2v) is 7.30. The number of pyridine rings is 1. The number of aliphatic hydroxyl groups excluding tert-OH is 1. The second kappa shape index (κ2) is 7.02. The third kappa shape index (κ3) is 4.55. The number of hydrogen-bond acceptors (Lipinski definition) is 5. The molecule has 0 radical (unpaired) electrons. The van der Waals surface area contributed by atoms with E-state index in [4.69, 9.17) is 5.11 Å². The highest BCUT2D eigenvalue weighted by molar-refractivity contribution is 7.89. The SMILES string of the molecule is O=S(=O)(CCCO)N1CCN(c2cncc(C(F)(F)F)c2)CC1. The maximum Gasteiger partial charge on any atom is 0.417 e. The van der Waals surface area contributed by atoms with Crippen LogP contribution in [-0.4, -0.2) is 61.4 Å². The van der Waals surface area contributed by atoms with Crippen molar-refractivity contribution in [2.24, 2.45) is 0 Å². The van der Waals surface area contributed by atoms with Crippen molar-refractivity contribution in [1.82, 2.24) is 9.29 Å². The Morgan fingerprint density at radius 3 is 2.39 bits per heavy atom. The van der Waals surface area contributed by atoms with Crippen LogP contribution >= 0.6 is 0 Å². The average Bonchev–Trinajstić information content (AvgIpc) is 2.52. The van der Waals surface area contributed by atoms with Gasteiger partial charge < -0.3 is 10.0 Å². The summed E-state index contributed by atoms with van der Waals surface area (Å²) < 4.78 is 63.4. The summed E-state index contributed by atoms with van der Waals surface area (Å²) in [5.41, 5.74) is -0.500. The molecule has 0 aliphatic carbocycles. The van der Waals surface area contributed by atoms with E-state index in [2.05, 4.69) is 4.98 Å². The van der Waals surface area contributed by atoms with Gasteiger partial charge in [-0.25, -0.2) is 8.42 Å². The van der Waals surface area contributed by atoms with Gasteiger partial charge in [0.2, 0.25) is 10.0 Å². The van der Waals surface area contributed by atoms with Crippen LogP contribution in [-0.2, 0) is 16.2 Å². The summed E-state index contributed by atoms with van der Waals surface area (Å²) in [7, 11) is -3.43. The molecule has 0 bridgehead atoms. The van der Waals surface area contributed by atoms with Crippen LogP contribution in [0.4, 0.5) is 18.9 Å². The van der Waals surface area contributed by atoms with E-state index in [9.17, 15) is 21.6 Å². The summed E-state index contributed by atoms with van der Waals surface area (Å²) in [6.45, 7) is 0.784. The van der Waals surface area contributed by atoms with Crippen molar-refractivity contribution in [3.8, 4) is 0 Å². The Balaban J connectivity index is 2.02. The molecule has 1 aromatic rings. The molecule has 1 saturated heterocycles. The van der Waals surface area contributed by atoms with Crippen LogP contribution in [0.2, 0.25) is 0 Å². The lowest BCUT2D eigenvalue weighted by molar-refractivity contribution is -0.137. The number of piperazine rings is 1. The Kier molecular flexibility index (Phi) is 5.48. The Labute approximate surface area is 132 Å². The topological polar surface area (TPSA) is 73.7 Å². The quantitative estimate of drug-likeness (QED) is 0.853. The Morgan fingerprint density at radius 2 is 1.83 bits per heavy atom. The molecular weight excluding hydrogens is 335 g/mol. The van der Waals surface area contributed by atoms with Gasteiger partial charge in [0, 0.05) is 39.0 Å². The number of aliphatic hydroxyl groups is 1. The highest BCUT2D eigenvalue weighted by Crippen LogP contribution is 2.31. The van der Waals surface area contributed by atoms with Crippen molar-refractivity contribution < 1.29 is 26.7 Å². The predicted molar refractivity (Wildman–Crippen MR) is 78.5 cm³/mol. The number of hydrogen-bond donors (Lipinski definition) is 1. The van der Waals surface area contributed by atoms with Gasteiger partial charge in [-0.15, -0.1) is 0 Å². The van der Waals surface area contributed by atoms with Crippen molar-refractivity contribution in [3.63, 3.8) is 0 Å². The molecule has 2 rings (SSSR count). The second-order valence-electron chi connectivity index (χ2n) is 5.21. The molecule has 1 aliphatic heterocycles. The van der Waals surface area contributed by atoms with Crippen LogP contribution < -0.4 is 4.90 Å². The molecule has 1 fully saturated rings. The van der Waals surface area contributed by atoms with E-state index in [1.807, 2.05) is 0 Å². The van der Waals surface area contributed by atoms with Crippen molar-refractivity contribution in [2.45, 2.75) is 12.6 Å². The first-order chi connectivity index (χ1) is 10.7. The molecule has 0 amide bonds. The average molecular weight is 353 g/mol.